The van der Waals surface area contributed by atoms with Gasteiger partial charge in [0.2, 0.25) is 5.71 Å². The smallest absolute Gasteiger partial charge is 0.362 e. The lowest BCUT2D eigenvalue weighted by atomic mass is 10.1. The molecule has 88 valence electrons. The number of fused-ring (bicyclic) bond motifs is 1. The van der Waals surface area contributed by atoms with Crippen LogP contribution in [-0.2, 0) is 9.53 Å². The molecule has 1 heterocycles. The first-order valence-electron chi connectivity index (χ1n) is 5.02. The van der Waals surface area contributed by atoms with Crippen molar-refractivity contribution in [1.82, 2.24) is 5.16 Å². The minimum atomic E-state index is -0.742. The minimum Gasteiger partial charge on any atom is -0.461 e. The van der Waals surface area contributed by atoms with Gasteiger partial charge in [-0.2, -0.15) is 0 Å². The zero-order valence-electron chi connectivity index (χ0n) is 9.08. The zero-order chi connectivity index (χ0) is 12.3. The molecular formula is C11H10N2O4. The highest BCUT2D eigenvalue weighted by atomic mass is 16.5. The maximum absolute atomic E-state index is 11.5. The summed E-state index contributed by atoms with van der Waals surface area (Å²) in [5.41, 5.74) is 0.409. The Bertz CT molecular complexity index is 574. The number of esters is 1. The highest BCUT2D eigenvalue weighted by Gasteiger charge is 2.22. The molecule has 2 aromatic rings. The summed E-state index contributed by atoms with van der Waals surface area (Å²) < 4.78 is 9.77. The summed E-state index contributed by atoms with van der Waals surface area (Å²) in [6.45, 7) is 1.85. The summed E-state index contributed by atoms with van der Waals surface area (Å²) in [5.74, 6) is -0.742. The fraction of sp³-hybridized carbons (Fsp3) is 0.182. The van der Waals surface area contributed by atoms with Crippen molar-refractivity contribution < 1.29 is 19.3 Å². The number of benzene rings is 1. The first kappa shape index (κ1) is 11.1. The van der Waals surface area contributed by atoms with Gasteiger partial charge in [-0.3, -0.25) is 0 Å². The van der Waals surface area contributed by atoms with Gasteiger partial charge in [0.15, 0.2) is 11.3 Å². The first-order valence-corrected chi connectivity index (χ1v) is 5.02. The Morgan fingerprint density at radius 2 is 2.29 bits per heavy atom. The van der Waals surface area contributed by atoms with E-state index >= 15 is 0 Å². The number of oxime groups is 1. The Hall–Kier alpha value is -2.37. The predicted molar refractivity (Wildman–Crippen MR) is 59.0 cm³/mol. The molecule has 6 nitrogen and oxygen atoms in total. The van der Waals surface area contributed by atoms with Gasteiger partial charge in [0, 0.05) is 0 Å². The monoisotopic (exact) mass is 234 g/mol. The second-order valence-corrected chi connectivity index (χ2v) is 3.20. The number of ether oxygens (including phenoxy) is 1. The van der Waals surface area contributed by atoms with Gasteiger partial charge in [-0.1, -0.05) is 22.4 Å². The largest absolute Gasteiger partial charge is 0.461 e. The molecule has 0 spiro atoms. The van der Waals surface area contributed by atoms with Crippen LogP contribution in [0.3, 0.4) is 0 Å². The minimum absolute atomic E-state index is 0.168. The van der Waals surface area contributed by atoms with Gasteiger partial charge in [-0.25, -0.2) is 4.79 Å². The Balaban J connectivity index is 2.48. The topological polar surface area (TPSA) is 84.9 Å². The van der Waals surface area contributed by atoms with Gasteiger partial charge < -0.3 is 14.5 Å². The summed E-state index contributed by atoms with van der Waals surface area (Å²) in [6.07, 6.45) is 0. The van der Waals surface area contributed by atoms with Gasteiger partial charge in [0.25, 0.3) is 0 Å². The molecule has 0 unspecified atom stereocenters. The average Bonchev–Trinajstić information content (AvgIpc) is 2.75. The van der Waals surface area contributed by atoms with Crippen molar-refractivity contribution in [2.24, 2.45) is 5.16 Å². The Morgan fingerprint density at radius 1 is 1.53 bits per heavy atom. The highest BCUT2D eigenvalue weighted by molar-refractivity contribution is 6.44. The number of carbonyl (C=O) groups is 1. The number of hydrogen-bond donors (Lipinski definition) is 1. The fourth-order valence-corrected chi connectivity index (χ4v) is 1.44. The van der Waals surface area contributed by atoms with Gasteiger partial charge in [0.05, 0.1) is 12.0 Å². The molecule has 17 heavy (non-hydrogen) atoms. The average molecular weight is 234 g/mol. The van der Waals surface area contributed by atoms with Crippen molar-refractivity contribution in [2.75, 3.05) is 6.61 Å². The third kappa shape index (κ3) is 1.96. The quantitative estimate of drug-likeness (QED) is 0.377. The molecule has 1 N–H and O–H groups in total. The van der Waals surface area contributed by atoms with Crippen LogP contribution in [0.15, 0.2) is 33.9 Å². The third-order valence-corrected chi connectivity index (χ3v) is 2.17. The van der Waals surface area contributed by atoms with Crippen LogP contribution >= 0.6 is 0 Å². The van der Waals surface area contributed by atoms with Crippen LogP contribution in [0.4, 0.5) is 0 Å². The number of nitrogens with zero attached hydrogens (tertiary/aromatic N) is 2. The molecule has 0 radical (unpaired) electrons. The van der Waals surface area contributed by atoms with Gasteiger partial charge in [0.1, 0.15) is 0 Å². The van der Waals surface area contributed by atoms with Crippen LogP contribution in [0.5, 0.6) is 0 Å². The second kappa shape index (κ2) is 4.65. The van der Waals surface area contributed by atoms with Crippen molar-refractivity contribution in [3.63, 3.8) is 0 Å². The zero-order valence-corrected chi connectivity index (χ0v) is 9.08. The Labute approximate surface area is 96.5 Å². The first-order chi connectivity index (χ1) is 8.27. The van der Waals surface area contributed by atoms with Crippen LogP contribution in [0.2, 0.25) is 0 Å². The maximum Gasteiger partial charge on any atom is 0.362 e. The van der Waals surface area contributed by atoms with E-state index in [2.05, 4.69) is 10.3 Å². The van der Waals surface area contributed by atoms with E-state index in [1.165, 1.54) is 0 Å². The molecule has 1 aromatic heterocycles. The van der Waals surface area contributed by atoms with E-state index in [1.807, 2.05) is 0 Å². The normalized spacial score (nSPS) is 11.7. The molecule has 2 rings (SSSR count). The molecule has 0 aliphatic heterocycles. The number of aromatic nitrogens is 1. The van der Waals surface area contributed by atoms with Crippen molar-refractivity contribution in [3.05, 3.63) is 30.0 Å². The molecule has 0 saturated heterocycles. The van der Waals surface area contributed by atoms with Crippen LogP contribution in [-0.4, -0.2) is 28.7 Å². The molecular weight excluding hydrogens is 224 g/mol. The summed E-state index contributed by atoms with van der Waals surface area (Å²) in [5, 5.41) is 16.1. The van der Waals surface area contributed by atoms with Crippen molar-refractivity contribution in [1.29, 1.82) is 0 Å². The summed E-state index contributed by atoms with van der Waals surface area (Å²) in [6, 6.07) is 6.96. The SMILES string of the molecule is CCOC(=O)/C(=N\O)c1noc2ccccc12. The second-order valence-electron chi connectivity index (χ2n) is 3.20. The molecule has 1 aromatic carbocycles. The van der Waals surface area contributed by atoms with E-state index in [0.29, 0.717) is 11.0 Å². The molecule has 6 heteroatoms. The molecule has 0 atom stereocenters. The number of carbonyl (C=O) groups excluding carboxylic acids is 1. The number of para-hydroxylation sites is 1. The van der Waals surface area contributed by atoms with E-state index in [-0.39, 0.29) is 18.0 Å². The van der Waals surface area contributed by atoms with E-state index in [0.717, 1.165) is 0 Å². The standard InChI is InChI=1S/C11H10N2O4/c1-2-16-11(14)10(12-15)9-7-5-3-4-6-8(7)17-13-9/h3-6,15H,2H2,1H3/b12-10-. The maximum atomic E-state index is 11.5. The number of rotatable bonds is 3. The van der Waals surface area contributed by atoms with Gasteiger partial charge >= 0.3 is 5.97 Å². The summed E-state index contributed by atoms with van der Waals surface area (Å²) in [7, 11) is 0. The fourth-order valence-electron chi connectivity index (χ4n) is 1.44. The van der Waals surface area contributed by atoms with Crippen LogP contribution in [0.1, 0.15) is 12.6 Å². The lowest BCUT2D eigenvalue weighted by molar-refractivity contribution is -0.135. The van der Waals surface area contributed by atoms with E-state index in [9.17, 15) is 4.79 Å². The number of hydrogen-bond acceptors (Lipinski definition) is 6. The molecule has 0 saturated carbocycles. The van der Waals surface area contributed by atoms with E-state index < -0.39 is 5.97 Å². The molecule has 0 aliphatic rings. The van der Waals surface area contributed by atoms with E-state index in [1.54, 1.807) is 31.2 Å². The Kier molecular flexibility index (Phi) is 3.04. The predicted octanol–water partition coefficient (Wildman–Crippen LogP) is 1.57. The summed E-state index contributed by atoms with van der Waals surface area (Å²) in [4.78, 5) is 11.5. The molecule has 0 bridgehead atoms. The van der Waals surface area contributed by atoms with Crippen molar-refractivity contribution in [3.8, 4) is 0 Å². The van der Waals surface area contributed by atoms with Crippen molar-refractivity contribution in [2.45, 2.75) is 6.92 Å². The van der Waals surface area contributed by atoms with Crippen molar-refractivity contribution >= 4 is 22.7 Å². The van der Waals surface area contributed by atoms with Gasteiger partial charge in [-0.15, -0.1) is 0 Å². The van der Waals surface area contributed by atoms with E-state index in [4.69, 9.17) is 14.5 Å². The molecule has 0 amide bonds. The Morgan fingerprint density at radius 3 is 3.00 bits per heavy atom. The highest BCUT2D eigenvalue weighted by Crippen LogP contribution is 2.18. The molecule has 0 fully saturated rings. The van der Waals surface area contributed by atoms with Crippen LogP contribution in [0, 0.1) is 0 Å². The van der Waals surface area contributed by atoms with Crippen LogP contribution in [0.25, 0.3) is 11.0 Å². The third-order valence-electron chi connectivity index (χ3n) is 2.17. The van der Waals surface area contributed by atoms with Crippen LogP contribution < -0.4 is 0 Å². The van der Waals surface area contributed by atoms with Gasteiger partial charge in [-0.05, 0) is 19.1 Å². The summed E-state index contributed by atoms with van der Waals surface area (Å²) >= 11 is 0. The lowest BCUT2D eigenvalue weighted by Crippen LogP contribution is -2.19. The lowest BCUT2D eigenvalue weighted by Gasteiger charge is -2.00. The molecule has 0 aliphatic carbocycles.